The van der Waals surface area contributed by atoms with Crippen LogP contribution in [-0.2, 0) is 20.4 Å². The van der Waals surface area contributed by atoms with Crippen LogP contribution in [0.15, 0.2) is 11.1 Å². The van der Waals surface area contributed by atoms with Gasteiger partial charge in [-0.15, -0.1) is 0 Å². The van der Waals surface area contributed by atoms with Crippen molar-refractivity contribution in [1.29, 1.82) is 0 Å². The van der Waals surface area contributed by atoms with Gasteiger partial charge < -0.3 is 4.74 Å². The van der Waals surface area contributed by atoms with Crippen LogP contribution >= 0.6 is 10.7 Å². The molecule has 0 radical (unpaired) electrons. The van der Waals surface area contributed by atoms with E-state index in [4.69, 9.17) is 15.4 Å². The van der Waals surface area contributed by atoms with Gasteiger partial charge in [0.2, 0.25) is 0 Å². The van der Waals surface area contributed by atoms with Crippen LogP contribution in [0.25, 0.3) is 0 Å². The van der Waals surface area contributed by atoms with Gasteiger partial charge in [-0.25, -0.2) is 8.42 Å². The number of aromatic nitrogens is 2. The Morgan fingerprint density at radius 2 is 2.06 bits per heavy atom. The smallest absolute Gasteiger partial charge is 0.264 e. The maximum atomic E-state index is 11.5. The Labute approximate surface area is 113 Å². The van der Waals surface area contributed by atoms with Crippen molar-refractivity contribution in [2.24, 2.45) is 0 Å². The van der Waals surface area contributed by atoms with Crippen molar-refractivity contribution in [3.63, 3.8) is 0 Å². The highest BCUT2D eigenvalue weighted by Crippen LogP contribution is 2.23. The molecule has 1 atom stereocenters. The number of hydrogen-bond donors (Lipinski definition) is 0. The van der Waals surface area contributed by atoms with Crippen LogP contribution in [0, 0.1) is 0 Å². The molecule has 0 spiro atoms. The summed E-state index contributed by atoms with van der Waals surface area (Å²) in [6.45, 7) is 7.97. The van der Waals surface area contributed by atoms with Crippen LogP contribution in [0.1, 0.15) is 45.9 Å². The molecule has 5 nitrogen and oxygen atoms in total. The third-order valence-electron chi connectivity index (χ3n) is 2.69. The number of ether oxygens (including phenoxy) is 1. The highest BCUT2D eigenvalue weighted by Gasteiger charge is 2.22. The fourth-order valence-electron chi connectivity index (χ4n) is 1.50. The normalized spacial score (nSPS) is 14.1. The van der Waals surface area contributed by atoms with Crippen molar-refractivity contribution >= 4 is 19.7 Å². The average molecular weight is 295 g/mol. The SMILES string of the molecule is CC[C@@H](C)OCc1c(S(=O)(=O)Cl)cnn1C(C)C. The molecule has 0 aliphatic carbocycles. The molecule has 1 aromatic heterocycles. The minimum atomic E-state index is -3.79. The van der Waals surface area contributed by atoms with Gasteiger partial charge in [0.1, 0.15) is 4.90 Å². The maximum absolute atomic E-state index is 11.5. The second-order valence-corrected chi connectivity index (χ2v) is 7.00. The summed E-state index contributed by atoms with van der Waals surface area (Å²) >= 11 is 0. The van der Waals surface area contributed by atoms with Crippen LogP contribution in [0.3, 0.4) is 0 Å². The molecule has 0 unspecified atom stereocenters. The number of nitrogens with zero attached hydrogens (tertiary/aromatic N) is 2. The van der Waals surface area contributed by atoms with Crippen LogP contribution in [0.2, 0.25) is 0 Å². The van der Waals surface area contributed by atoms with Crippen LogP contribution in [0.5, 0.6) is 0 Å². The predicted octanol–water partition coefficient (Wildman–Crippen LogP) is 2.71. The molecular weight excluding hydrogens is 276 g/mol. The van der Waals surface area contributed by atoms with Crippen LogP contribution in [0.4, 0.5) is 0 Å². The Kier molecular flexibility index (Phi) is 5.19. The van der Waals surface area contributed by atoms with Gasteiger partial charge >= 0.3 is 0 Å². The first-order chi connectivity index (χ1) is 8.27. The Morgan fingerprint density at radius 3 is 2.50 bits per heavy atom. The molecule has 0 aliphatic heterocycles. The van der Waals surface area contributed by atoms with Gasteiger partial charge in [0.05, 0.1) is 24.6 Å². The topological polar surface area (TPSA) is 61.2 Å². The monoisotopic (exact) mass is 294 g/mol. The predicted molar refractivity (Wildman–Crippen MR) is 70.2 cm³/mol. The van der Waals surface area contributed by atoms with E-state index in [9.17, 15) is 8.42 Å². The summed E-state index contributed by atoms with van der Waals surface area (Å²) in [4.78, 5) is 0.0289. The van der Waals surface area contributed by atoms with E-state index < -0.39 is 9.05 Å². The first kappa shape index (κ1) is 15.5. The van der Waals surface area contributed by atoms with Crippen molar-refractivity contribution in [3.8, 4) is 0 Å². The van der Waals surface area contributed by atoms with E-state index in [1.165, 1.54) is 6.20 Å². The largest absolute Gasteiger partial charge is 0.372 e. The number of halogens is 1. The van der Waals surface area contributed by atoms with Crippen molar-refractivity contribution in [2.75, 3.05) is 0 Å². The zero-order valence-corrected chi connectivity index (χ0v) is 12.6. The number of rotatable bonds is 6. The van der Waals surface area contributed by atoms with Gasteiger partial charge in [0, 0.05) is 16.7 Å². The first-order valence-electron chi connectivity index (χ1n) is 5.90. The van der Waals surface area contributed by atoms with E-state index in [1.54, 1.807) is 4.68 Å². The third kappa shape index (κ3) is 3.70. The molecule has 1 aromatic rings. The highest BCUT2D eigenvalue weighted by molar-refractivity contribution is 8.13. The van der Waals surface area contributed by atoms with Crippen molar-refractivity contribution in [3.05, 3.63) is 11.9 Å². The van der Waals surface area contributed by atoms with Gasteiger partial charge in [-0.05, 0) is 27.2 Å². The van der Waals surface area contributed by atoms with Gasteiger partial charge in [0.25, 0.3) is 9.05 Å². The summed E-state index contributed by atoms with van der Waals surface area (Å²) in [5.41, 5.74) is 0.500. The third-order valence-corrected chi connectivity index (χ3v) is 4.06. The van der Waals surface area contributed by atoms with Gasteiger partial charge in [0.15, 0.2) is 0 Å². The lowest BCUT2D eigenvalue weighted by Gasteiger charge is -2.15. The lowest BCUT2D eigenvalue weighted by molar-refractivity contribution is 0.0448. The fraction of sp³-hybridized carbons (Fsp3) is 0.727. The summed E-state index contributed by atoms with van der Waals surface area (Å²) in [5.74, 6) is 0. The summed E-state index contributed by atoms with van der Waals surface area (Å²) in [7, 11) is 1.60. The zero-order valence-electron chi connectivity index (χ0n) is 11.1. The van der Waals surface area contributed by atoms with E-state index in [0.717, 1.165) is 6.42 Å². The Bertz CT molecular complexity index is 496. The molecule has 0 fully saturated rings. The Balaban J connectivity index is 3.08. The van der Waals surface area contributed by atoms with Crippen LogP contribution < -0.4 is 0 Å². The maximum Gasteiger partial charge on any atom is 0.264 e. The number of hydrogen-bond acceptors (Lipinski definition) is 4. The molecule has 0 saturated heterocycles. The molecule has 0 aromatic carbocycles. The molecule has 0 aliphatic rings. The average Bonchev–Trinajstić information content (AvgIpc) is 2.69. The van der Waals surface area contributed by atoms with E-state index in [0.29, 0.717) is 5.69 Å². The summed E-state index contributed by atoms with van der Waals surface area (Å²) in [6, 6.07) is 0.0488. The molecule has 0 bridgehead atoms. The molecular formula is C11H19ClN2O3S. The molecule has 7 heteroatoms. The fourth-order valence-corrected chi connectivity index (χ4v) is 2.49. The summed E-state index contributed by atoms with van der Waals surface area (Å²) in [6.07, 6.45) is 2.20. The molecule has 1 rings (SSSR count). The van der Waals surface area contributed by atoms with E-state index in [1.807, 2.05) is 27.7 Å². The highest BCUT2D eigenvalue weighted by atomic mass is 35.7. The second-order valence-electron chi connectivity index (χ2n) is 4.46. The lowest BCUT2D eigenvalue weighted by atomic mass is 10.3. The molecule has 18 heavy (non-hydrogen) atoms. The molecule has 104 valence electrons. The van der Waals surface area contributed by atoms with Gasteiger partial charge in [-0.2, -0.15) is 5.10 Å². The van der Waals surface area contributed by atoms with Gasteiger partial charge in [-0.3, -0.25) is 4.68 Å². The van der Waals surface area contributed by atoms with E-state index in [-0.39, 0.29) is 23.6 Å². The van der Waals surface area contributed by atoms with Crippen LogP contribution in [-0.4, -0.2) is 24.3 Å². The molecule has 1 heterocycles. The minimum Gasteiger partial charge on any atom is -0.372 e. The van der Waals surface area contributed by atoms with E-state index in [2.05, 4.69) is 5.10 Å². The molecule has 0 amide bonds. The van der Waals surface area contributed by atoms with Crippen molar-refractivity contribution in [2.45, 2.75) is 57.8 Å². The molecule has 0 N–H and O–H groups in total. The zero-order chi connectivity index (χ0) is 13.9. The Hall–Kier alpha value is -0.590. The summed E-state index contributed by atoms with van der Waals surface area (Å²) < 4.78 is 30.1. The quantitative estimate of drug-likeness (QED) is 0.757. The summed E-state index contributed by atoms with van der Waals surface area (Å²) in [5, 5.41) is 4.06. The lowest BCUT2D eigenvalue weighted by Crippen LogP contribution is -2.14. The second kappa shape index (κ2) is 6.04. The van der Waals surface area contributed by atoms with Crippen molar-refractivity contribution < 1.29 is 13.2 Å². The Morgan fingerprint density at radius 1 is 1.44 bits per heavy atom. The first-order valence-corrected chi connectivity index (χ1v) is 8.21. The van der Waals surface area contributed by atoms with Gasteiger partial charge in [-0.1, -0.05) is 6.92 Å². The van der Waals surface area contributed by atoms with E-state index >= 15 is 0 Å². The minimum absolute atomic E-state index is 0.0289. The van der Waals surface area contributed by atoms with Crippen molar-refractivity contribution in [1.82, 2.24) is 9.78 Å². The standard InChI is InChI=1S/C11H19ClN2O3S/c1-5-9(4)17-7-10-11(18(12,15)16)6-13-14(10)8(2)3/h6,8-9H,5,7H2,1-4H3/t9-/m1/s1. The molecule has 0 saturated carbocycles.